The zero-order valence-electron chi connectivity index (χ0n) is 14.1. The third-order valence-electron chi connectivity index (χ3n) is 3.78. The highest BCUT2D eigenvalue weighted by Crippen LogP contribution is 2.13. The normalized spacial score (nSPS) is 11.0. The second-order valence-electron chi connectivity index (χ2n) is 5.38. The van der Waals surface area contributed by atoms with Crippen molar-refractivity contribution in [1.82, 2.24) is 10.6 Å². The van der Waals surface area contributed by atoms with Gasteiger partial charge in [-0.05, 0) is 49.1 Å². The summed E-state index contributed by atoms with van der Waals surface area (Å²) in [6.07, 6.45) is 3.55. The lowest BCUT2D eigenvalue weighted by Gasteiger charge is -2.13. The topological polar surface area (TPSA) is 49.6 Å². The quantitative estimate of drug-likeness (QED) is 0.422. The standard InChI is InChI=1S/C18H25N3O.HI/c1-14-6-4-7-15(2)17(14)10-12-21-18(19-3)20-11-9-16-8-5-13-22-16;/h4-8,13H,9-12H2,1-3H3,(H2,19,20,21);1H. The number of nitrogens with one attached hydrogen (secondary N) is 2. The number of hydrogen-bond donors (Lipinski definition) is 2. The molecule has 2 aromatic rings. The zero-order chi connectivity index (χ0) is 15.8. The van der Waals surface area contributed by atoms with E-state index in [2.05, 4.69) is 47.7 Å². The summed E-state index contributed by atoms with van der Waals surface area (Å²) in [4.78, 5) is 4.25. The number of benzene rings is 1. The van der Waals surface area contributed by atoms with Crippen molar-refractivity contribution in [2.45, 2.75) is 26.7 Å². The summed E-state index contributed by atoms with van der Waals surface area (Å²) in [6.45, 7) is 6.00. The van der Waals surface area contributed by atoms with E-state index in [1.807, 2.05) is 12.1 Å². The fraction of sp³-hybridized carbons (Fsp3) is 0.389. The second-order valence-corrected chi connectivity index (χ2v) is 5.38. The van der Waals surface area contributed by atoms with Gasteiger partial charge in [0, 0.05) is 26.6 Å². The van der Waals surface area contributed by atoms with Crippen molar-refractivity contribution in [3.05, 3.63) is 59.0 Å². The van der Waals surface area contributed by atoms with Crippen LogP contribution in [0.1, 0.15) is 22.5 Å². The summed E-state index contributed by atoms with van der Waals surface area (Å²) in [7, 11) is 1.79. The minimum atomic E-state index is 0. The molecule has 0 unspecified atom stereocenters. The fourth-order valence-corrected chi connectivity index (χ4v) is 2.53. The van der Waals surface area contributed by atoms with E-state index in [1.165, 1.54) is 16.7 Å². The summed E-state index contributed by atoms with van der Waals surface area (Å²) in [5.41, 5.74) is 4.12. The molecule has 1 aromatic carbocycles. The van der Waals surface area contributed by atoms with Gasteiger partial charge in [-0.3, -0.25) is 4.99 Å². The Morgan fingerprint density at radius 3 is 2.22 bits per heavy atom. The van der Waals surface area contributed by atoms with Crippen molar-refractivity contribution in [3.63, 3.8) is 0 Å². The first-order valence-corrected chi connectivity index (χ1v) is 7.72. The van der Waals surface area contributed by atoms with Gasteiger partial charge in [-0.2, -0.15) is 0 Å². The highest BCUT2D eigenvalue weighted by atomic mass is 127. The molecule has 126 valence electrons. The van der Waals surface area contributed by atoms with Crippen molar-refractivity contribution in [2.24, 2.45) is 4.99 Å². The summed E-state index contributed by atoms with van der Waals surface area (Å²) >= 11 is 0. The number of guanidine groups is 1. The Bertz CT molecular complexity index is 588. The van der Waals surface area contributed by atoms with E-state index in [9.17, 15) is 0 Å². The molecule has 0 fully saturated rings. The molecule has 0 bridgehead atoms. The predicted molar refractivity (Wildman–Crippen MR) is 107 cm³/mol. The minimum absolute atomic E-state index is 0. The molecule has 0 spiro atoms. The maximum Gasteiger partial charge on any atom is 0.191 e. The molecule has 4 nitrogen and oxygen atoms in total. The number of furan rings is 1. The first kappa shape index (κ1) is 19.5. The molecule has 5 heteroatoms. The highest BCUT2D eigenvalue weighted by molar-refractivity contribution is 14.0. The Morgan fingerprint density at radius 2 is 1.65 bits per heavy atom. The van der Waals surface area contributed by atoms with Crippen LogP contribution in [0.2, 0.25) is 0 Å². The third-order valence-corrected chi connectivity index (χ3v) is 3.78. The van der Waals surface area contributed by atoms with Crippen molar-refractivity contribution in [2.75, 3.05) is 20.1 Å². The number of rotatable bonds is 6. The van der Waals surface area contributed by atoms with Crippen LogP contribution in [-0.4, -0.2) is 26.1 Å². The van der Waals surface area contributed by atoms with E-state index in [0.29, 0.717) is 0 Å². The van der Waals surface area contributed by atoms with E-state index < -0.39 is 0 Å². The molecule has 0 saturated heterocycles. The number of nitrogens with zero attached hydrogens (tertiary/aromatic N) is 1. The van der Waals surface area contributed by atoms with Crippen LogP contribution in [0, 0.1) is 13.8 Å². The molecular formula is C18H26IN3O. The monoisotopic (exact) mass is 427 g/mol. The Labute approximate surface area is 155 Å². The second kappa shape index (κ2) is 10.3. The fourth-order valence-electron chi connectivity index (χ4n) is 2.53. The van der Waals surface area contributed by atoms with Crippen LogP contribution in [0.25, 0.3) is 0 Å². The maximum absolute atomic E-state index is 5.31. The van der Waals surface area contributed by atoms with E-state index >= 15 is 0 Å². The maximum atomic E-state index is 5.31. The number of aliphatic imine (C=N–C) groups is 1. The van der Waals surface area contributed by atoms with Crippen LogP contribution in [0.15, 0.2) is 46.0 Å². The highest BCUT2D eigenvalue weighted by Gasteiger charge is 2.03. The Kier molecular flexibility index (Phi) is 8.76. The van der Waals surface area contributed by atoms with Crippen molar-refractivity contribution in [3.8, 4) is 0 Å². The van der Waals surface area contributed by atoms with Gasteiger partial charge < -0.3 is 15.1 Å². The lowest BCUT2D eigenvalue weighted by Crippen LogP contribution is -2.39. The first-order valence-electron chi connectivity index (χ1n) is 7.72. The van der Waals surface area contributed by atoms with Crippen LogP contribution >= 0.6 is 24.0 Å². The van der Waals surface area contributed by atoms with Crippen molar-refractivity contribution in [1.29, 1.82) is 0 Å². The van der Waals surface area contributed by atoms with Crippen LogP contribution in [0.4, 0.5) is 0 Å². The number of hydrogen-bond acceptors (Lipinski definition) is 2. The van der Waals surface area contributed by atoms with Gasteiger partial charge in [-0.1, -0.05) is 18.2 Å². The van der Waals surface area contributed by atoms with Crippen LogP contribution < -0.4 is 10.6 Å². The smallest absolute Gasteiger partial charge is 0.191 e. The van der Waals surface area contributed by atoms with Gasteiger partial charge in [0.05, 0.1) is 6.26 Å². The average molecular weight is 427 g/mol. The van der Waals surface area contributed by atoms with Gasteiger partial charge in [0.15, 0.2) is 5.96 Å². The molecular weight excluding hydrogens is 401 g/mol. The van der Waals surface area contributed by atoms with Gasteiger partial charge in [-0.15, -0.1) is 24.0 Å². The summed E-state index contributed by atoms with van der Waals surface area (Å²) < 4.78 is 5.31. The minimum Gasteiger partial charge on any atom is -0.469 e. The summed E-state index contributed by atoms with van der Waals surface area (Å²) in [6, 6.07) is 10.3. The molecule has 0 radical (unpaired) electrons. The first-order chi connectivity index (χ1) is 10.7. The molecule has 2 rings (SSSR count). The van der Waals surface area contributed by atoms with Crippen LogP contribution in [0.3, 0.4) is 0 Å². The van der Waals surface area contributed by atoms with Gasteiger partial charge >= 0.3 is 0 Å². The number of halogens is 1. The predicted octanol–water partition coefficient (Wildman–Crippen LogP) is 3.46. The number of aryl methyl sites for hydroxylation is 2. The Balaban J connectivity index is 0.00000264. The van der Waals surface area contributed by atoms with Crippen LogP contribution in [-0.2, 0) is 12.8 Å². The molecule has 0 aliphatic rings. The molecule has 1 aromatic heterocycles. The molecule has 0 aliphatic heterocycles. The molecule has 0 amide bonds. The molecule has 0 aliphatic carbocycles. The van der Waals surface area contributed by atoms with E-state index in [-0.39, 0.29) is 24.0 Å². The summed E-state index contributed by atoms with van der Waals surface area (Å²) in [5.74, 6) is 1.82. The van der Waals surface area contributed by atoms with Gasteiger partial charge in [-0.25, -0.2) is 0 Å². The molecule has 23 heavy (non-hydrogen) atoms. The Hall–Kier alpha value is -1.50. The van der Waals surface area contributed by atoms with Crippen molar-refractivity contribution >= 4 is 29.9 Å². The lowest BCUT2D eigenvalue weighted by molar-refractivity contribution is 0.507. The lowest BCUT2D eigenvalue weighted by atomic mass is 10.0. The van der Waals surface area contributed by atoms with Gasteiger partial charge in [0.1, 0.15) is 5.76 Å². The summed E-state index contributed by atoms with van der Waals surface area (Å²) in [5, 5.41) is 6.66. The van der Waals surface area contributed by atoms with Gasteiger partial charge in [0.25, 0.3) is 0 Å². The largest absolute Gasteiger partial charge is 0.469 e. The molecule has 1 heterocycles. The molecule has 0 atom stereocenters. The van der Waals surface area contributed by atoms with E-state index in [4.69, 9.17) is 4.42 Å². The average Bonchev–Trinajstić information content (AvgIpc) is 3.01. The van der Waals surface area contributed by atoms with E-state index in [0.717, 1.165) is 37.7 Å². The molecule has 2 N–H and O–H groups in total. The SMILES string of the molecule is CN=C(NCCc1ccco1)NCCc1c(C)cccc1C.I. The molecule has 0 saturated carbocycles. The van der Waals surface area contributed by atoms with E-state index in [1.54, 1.807) is 13.3 Å². The third kappa shape index (κ3) is 6.25. The van der Waals surface area contributed by atoms with Gasteiger partial charge in [0.2, 0.25) is 0 Å². The Morgan fingerprint density at radius 1 is 1.00 bits per heavy atom. The van der Waals surface area contributed by atoms with Crippen molar-refractivity contribution < 1.29 is 4.42 Å². The van der Waals surface area contributed by atoms with Crippen LogP contribution in [0.5, 0.6) is 0 Å². The zero-order valence-corrected chi connectivity index (χ0v) is 16.4.